The van der Waals surface area contributed by atoms with Crippen molar-refractivity contribution in [3.63, 3.8) is 0 Å². The third-order valence-corrected chi connectivity index (χ3v) is 5.96. The molecule has 176 valence electrons. The van der Waals surface area contributed by atoms with Crippen LogP contribution in [-0.4, -0.2) is 49.0 Å². The number of aromatic nitrogens is 2. The Morgan fingerprint density at radius 3 is 2.79 bits per heavy atom. The van der Waals surface area contributed by atoms with E-state index in [1.807, 2.05) is 25.1 Å². The summed E-state index contributed by atoms with van der Waals surface area (Å²) in [6, 6.07) is 12.0. The summed E-state index contributed by atoms with van der Waals surface area (Å²) in [4.78, 5) is 23.7. The van der Waals surface area contributed by atoms with Crippen LogP contribution in [0.25, 0.3) is 11.4 Å². The van der Waals surface area contributed by atoms with E-state index in [1.165, 1.54) is 13.2 Å². The summed E-state index contributed by atoms with van der Waals surface area (Å²) in [6.45, 7) is 3.76. The predicted octanol–water partition coefficient (Wildman–Crippen LogP) is 4.04. The van der Waals surface area contributed by atoms with Gasteiger partial charge in [0, 0.05) is 35.1 Å². The van der Waals surface area contributed by atoms with E-state index < -0.39 is 11.9 Å². The van der Waals surface area contributed by atoms with Gasteiger partial charge in [0.05, 0.1) is 26.4 Å². The highest BCUT2D eigenvalue weighted by molar-refractivity contribution is 5.74. The number of methoxy groups -OCH3 is 1. The number of benzene rings is 2. The lowest BCUT2D eigenvalue weighted by Gasteiger charge is -2.26. The Bertz CT molecular complexity index is 1230. The fourth-order valence-electron chi connectivity index (χ4n) is 4.14. The second-order valence-corrected chi connectivity index (χ2v) is 8.17. The van der Waals surface area contributed by atoms with E-state index in [2.05, 4.69) is 10.2 Å². The second-order valence-electron chi connectivity index (χ2n) is 8.17. The lowest BCUT2D eigenvalue weighted by molar-refractivity contribution is -0.00249. The summed E-state index contributed by atoms with van der Waals surface area (Å²) in [6.07, 6.45) is 1.02. The monoisotopic (exact) mass is 464 g/mol. The summed E-state index contributed by atoms with van der Waals surface area (Å²) < 4.78 is 29.9. The van der Waals surface area contributed by atoms with Crippen molar-refractivity contribution >= 4 is 17.6 Å². The number of hydrogen-bond donors (Lipinski definition) is 1. The first-order chi connectivity index (χ1) is 16.6. The molecule has 3 aromatic rings. The highest BCUT2D eigenvalue weighted by Gasteiger charge is 2.27. The van der Waals surface area contributed by atoms with Crippen molar-refractivity contribution in [1.29, 1.82) is 0 Å². The van der Waals surface area contributed by atoms with Crippen LogP contribution in [0, 0.1) is 5.82 Å². The van der Waals surface area contributed by atoms with Crippen molar-refractivity contribution in [3.05, 3.63) is 59.5 Å². The number of nitrogens with zero attached hydrogens (tertiary/aromatic N) is 3. The summed E-state index contributed by atoms with van der Waals surface area (Å²) in [5.41, 5.74) is 3.45. The standard InChI is InChI=1S/C25H25FN4O4/c1-3-21-19-9-10-30(17-5-4-6-18(12-17)34-25(31)27-16-13-33-14-16)24(19)29-23(28-21)15-7-8-22(32-2)20(26)11-15/h4-8,11-12,16H,3,9-10,13-14H2,1-2H3,(H,27,31). The normalized spacial score (nSPS) is 15.0. The first-order valence-electron chi connectivity index (χ1n) is 11.2. The molecule has 1 fully saturated rings. The number of ether oxygens (including phenoxy) is 3. The largest absolute Gasteiger partial charge is 0.494 e. The van der Waals surface area contributed by atoms with Crippen molar-refractivity contribution in [1.82, 2.24) is 15.3 Å². The van der Waals surface area contributed by atoms with Crippen LogP contribution in [0.2, 0.25) is 0 Å². The van der Waals surface area contributed by atoms with Gasteiger partial charge in [-0.3, -0.25) is 0 Å². The molecule has 3 heterocycles. The smallest absolute Gasteiger partial charge is 0.412 e. The number of halogens is 1. The highest BCUT2D eigenvalue weighted by atomic mass is 19.1. The van der Waals surface area contributed by atoms with Crippen molar-refractivity contribution in [2.45, 2.75) is 25.8 Å². The van der Waals surface area contributed by atoms with Gasteiger partial charge in [0.25, 0.3) is 0 Å². The minimum Gasteiger partial charge on any atom is -0.494 e. The molecule has 2 aliphatic rings. The maximum Gasteiger partial charge on any atom is 0.412 e. The minimum absolute atomic E-state index is 0.00785. The van der Waals surface area contributed by atoms with Crippen LogP contribution in [0.4, 0.5) is 20.7 Å². The first-order valence-corrected chi connectivity index (χ1v) is 11.2. The van der Waals surface area contributed by atoms with Crippen LogP contribution in [-0.2, 0) is 17.6 Å². The Kier molecular flexibility index (Phi) is 6.02. The number of aryl methyl sites for hydroxylation is 1. The number of fused-ring (bicyclic) bond motifs is 1. The number of rotatable bonds is 6. The Labute approximate surface area is 196 Å². The van der Waals surface area contributed by atoms with Crippen molar-refractivity contribution in [3.8, 4) is 22.9 Å². The Balaban J connectivity index is 1.44. The summed E-state index contributed by atoms with van der Waals surface area (Å²) in [7, 11) is 1.43. The average Bonchev–Trinajstić information content (AvgIpc) is 3.25. The van der Waals surface area contributed by atoms with Gasteiger partial charge in [0.15, 0.2) is 17.4 Å². The van der Waals surface area contributed by atoms with Crippen molar-refractivity contribution in [2.24, 2.45) is 0 Å². The molecule has 8 nitrogen and oxygen atoms in total. The number of hydrogen-bond acceptors (Lipinski definition) is 7. The fourth-order valence-corrected chi connectivity index (χ4v) is 4.14. The zero-order valence-electron chi connectivity index (χ0n) is 19.0. The predicted molar refractivity (Wildman–Crippen MR) is 124 cm³/mol. The first kappa shape index (κ1) is 22.1. The zero-order chi connectivity index (χ0) is 23.7. The molecule has 0 saturated carbocycles. The molecular formula is C25H25FN4O4. The van der Waals surface area contributed by atoms with Gasteiger partial charge in [0.2, 0.25) is 0 Å². The van der Waals surface area contributed by atoms with E-state index in [0.29, 0.717) is 36.9 Å². The molecule has 1 saturated heterocycles. The van der Waals surface area contributed by atoms with Crippen LogP contribution < -0.4 is 19.7 Å². The number of carbonyl (C=O) groups excluding carboxylic acids is 1. The average molecular weight is 464 g/mol. The molecule has 0 bridgehead atoms. The quantitative estimate of drug-likeness (QED) is 0.589. The lowest BCUT2D eigenvalue weighted by atomic mass is 10.1. The van der Waals surface area contributed by atoms with E-state index in [9.17, 15) is 9.18 Å². The van der Waals surface area contributed by atoms with Gasteiger partial charge >= 0.3 is 6.09 Å². The van der Waals surface area contributed by atoms with E-state index in [1.54, 1.807) is 18.2 Å². The molecule has 0 radical (unpaired) electrons. The maximum absolute atomic E-state index is 14.3. The molecule has 0 atom stereocenters. The van der Waals surface area contributed by atoms with Crippen LogP contribution in [0.15, 0.2) is 42.5 Å². The molecular weight excluding hydrogens is 439 g/mol. The molecule has 9 heteroatoms. The Hall–Kier alpha value is -3.72. The molecule has 0 unspecified atom stereocenters. The summed E-state index contributed by atoms with van der Waals surface area (Å²) in [5, 5.41) is 2.76. The Morgan fingerprint density at radius 1 is 1.24 bits per heavy atom. The van der Waals surface area contributed by atoms with Crippen LogP contribution in [0.1, 0.15) is 18.2 Å². The highest BCUT2D eigenvalue weighted by Crippen LogP contribution is 2.37. The van der Waals surface area contributed by atoms with Gasteiger partial charge < -0.3 is 24.4 Å². The fraction of sp³-hybridized carbons (Fsp3) is 0.320. The second kappa shape index (κ2) is 9.26. The molecule has 1 aromatic heterocycles. The summed E-state index contributed by atoms with van der Waals surface area (Å²) >= 11 is 0. The minimum atomic E-state index is -0.508. The number of amides is 1. The molecule has 0 spiro atoms. The van der Waals surface area contributed by atoms with E-state index in [-0.39, 0.29) is 11.8 Å². The van der Waals surface area contributed by atoms with Crippen molar-refractivity contribution in [2.75, 3.05) is 31.8 Å². The topological polar surface area (TPSA) is 85.8 Å². The molecule has 0 aliphatic carbocycles. The molecule has 2 aliphatic heterocycles. The molecule has 1 amide bonds. The van der Waals surface area contributed by atoms with Gasteiger partial charge in [0.1, 0.15) is 11.6 Å². The van der Waals surface area contributed by atoms with Crippen LogP contribution in [0.5, 0.6) is 11.5 Å². The van der Waals surface area contributed by atoms with E-state index >= 15 is 0 Å². The van der Waals surface area contributed by atoms with Crippen molar-refractivity contribution < 1.29 is 23.4 Å². The Morgan fingerprint density at radius 2 is 2.09 bits per heavy atom. The van der Waals surface area contributed by atoms with E-state index in [4.69, 9.17) is 24.2 Å². The molecule has 2 aromatic carbocycles. The summed E-state index contributed by atoms with van der Waals surface area (Å²) in [5.74, 6) is 1.39. The van der Waals surface area contributed by atoms with Gasteiger partial charge in [-0.25, -0.2) is 19.2 Å². The van der Waals surface area contributed by atoms with Gasteiger partial charge in [-0.2, -0.15) is 0 Å². The van der Waals surface area contributed by atoms with Gasteiger partial charge in [-0.15, -0.1) is 0 Å². The number of anilines is 2. The third kappa shape index (κ3) is 4.26. The maximum atomic E-state index is 14.3. The lowest BCUT2D eigenvalue weighted by Crippen LogP contribution is -2.49. The van der Waals surface area contributed by atoms with E-state index in [0.717, 1.165) is 35.6 Å². The SMILES string of the molecule is CCc1nc(-c2ccc(OC)c(F)c2)nc2c1CCN2c1cccc(OC(=O)NC2COC2)c1. The van der Waals surface area contributed by atoms with Crippen LogP contribution >= 0.6 is 0 Å². The number of carbonyl (C=O) groups is 1. The van der Waals surface area contributed by atoms with Gasteiger partial charge in [-0.05, 0) is 43.2 Å². The zero-order valence-corrected chi connectivity index (χ0v) is 19.0. The van der Waals surface area contributed by atoms with Crippen LogP contribution in [0.3, 0.4) is 0 Å². The third-order valence-electron chi connectivity index (χ3n) is 5.96. The number of nitrogens with one attached hydrogen (secondary N) is 1. The van der Waals surface area contributed by atoms with Gasteiger partial charge in [-0.1, -0.05) is 13.0 Å². The molecule has 34 heavy (non-hydrogen) atoms. The molecule has 1 N–H and O–H groups in total. The molecule has 5 rings (SSSR count).